The smallest absolute Gasteiger partial charge is 0.263 e. The normalized spacial score (nSPS) is 11.0. The van der Waals surface area contributed by atoms with Crippen LogP contribution in [-0.2, 0) is 12.8 Å². The third kappa shape index (κ3) is 5.77. The van der Waals surface area contributed by atoms with Crippen molar-refractivity contribution < 1.29 is 4.79 Å². The van der Waals surface area contributed by atoms with E-state index in [1.165, 1.54) is 16.9 Å². The Balaban J connectivity index is 1.86. The molecule has 0 aliphatic heterocycles. The Morgan fingerprint density at radius 3 is 2.65 bits per heavy atom. The number of nitrogens with zero attached hydrogens (tertiary/aromatic N) is 2. The molecule has 1 aromatic heterocycles. The number of carbonyl (C=O) groups excluding carboxylic acids is 1. The van der Waals surface area contributed by atoms with Crippen molar-refractivity contribution in [1.29, 1.82) is 0 Å². The fourth-order valence-electron chi connectivity index (χ4n) is 2.34. The quantitative estimate of drug-likeness (QED) is 0.757. The molecule has 4 nitrogen and oxygen atoms in total. The van der Waals surface area contributed by atoms with Crippen LogP contribution >= 0.6 is 11.3 Å². The highest BCUT2D eigenvalue weighted by Crippen LogP contribution is 2.19. The number of rotatable bonds is 8. The summed E-state index contributed by atoms with van der Waals surface area (Å²) in [6, 6.07) is 10.4. The number of aromatic nitrogens is 1. The van der Waals surface area contributed by atoms with E-state index in [9.17, 15) is 4.79 Å². The third-order valence-electron chi connectivity index (χ3n) is 3.59. The zero-order valence-corrected chi connectivity index (χ0v) is 14.9. The summed E-state index contributed by atoms with van der Waals surface area (Å²) in [6.45, 7) is 3.59. The minimum Gasteiger partial charge on any atom is -0.351 e. The zero-order chi connectivity index (χ0) is 16.7. The second kappa shape index (κ2) is 8.79. The van der Waals surface area contributed by atoms with Crippen LogP contribution in [-0.4, -0.2) is 43.0 Å². The maximum atomic E-state index is 12.2. The molecular weight excluding hydrogens is 306 g/mol. The van der Waals surface area contributed by atoms with Crippen molar-refractivity contribution in [3.8, 4) is 0 Å². The van der Waals surface area contributed by atoms with Crippen LogP contribution in [0.5, 0.6) is 0 Å². The van der Waals surface area contributed by atoms with Gasteiger partial charge < -0.3 is 10.2 Å². The Morgan fingerprint density at radius 2 is 1.96 bits per heavy atom. The fraction of sp³-hybridized carbons (Fsp3) is 0.444. The van der Waals surface area contributed by atoms with Crippen LogP contribution in [0, 0.1) is 6.92 Å². The minimum absolute atomic E-state index is 0.00437. The van der Waals surface area contributed by atoms with Crippen molar-refractivity contribution >= 4 is 17.2 Å². The van der Waals surface area contributed by atoms with Crippen molar-refractivity contribution in [3.63, 3.8) is 0 Å². The summed E-state index contributed by atoms with van der Waals surface area (Å²) in [5.41, 5.74) is 2.14. The third-order valence-corrected chi connectivity index (χ3v) is 4.80. The number of aryl methyl sites for hydroxylation is 3. The lowest BCUT2D eigenvalue weighted by Gasteiger charge is -2.09. The van der Waals surface area contributed by atoms with Crippen LogP contribution in [0.3, 0.4) is 0 Å². The van der Waals surface area contributed by atoms with Gasteiger partial charge in [0.25, 0.3) is 5.91 Å². The van der Waals surface area contributed by atoms with Crippen LogP contribution in [0.4, 0.5) is 0 Å². The molecule has 1 N–H and O–H groups in total. The molecule has 0 aliphatic rings. The van der Waals surface area contributed by atoms with Gasteiger partial charge in [-0.2, -0.15) is 0 Å². The van der Waals surface area contributed by atoms with E-state index in [1.807, 2.05) is 27.1 Å². The summed E-state index contributed by atoms with van der Waals surface area (Å²) in [5.74, 6) is 0.00437. The molecule has 1 amide bonds. The number of hydrogen-bond acceptors (Lipinski definition) is 4. The predicted molar refractivity (Wildman–Crippen MR) is 96.2 cm³/mol. The van der Waals surface area contributed by atoms with E-state index in [4.69, 9.17) is 0 Å². The van der Waals surface area contributed by atoms with Crippen LogP contribution < -0.4 is 5.32 Å². The van der Waals surface area contributed by atoms with E-state index in [1.54, 1.807) is 0 Å². The standard InChI is InChI=1S/C18H25N3OS/c1-14-17(18(22)19-12-7-13-21(2)3)23-16(20-14)11-10-15-8-5-4-6-9-15/h4-6,8-9H,7,10-13H2,1-3H3,(H,19,22). The molecule has 0 atom stereocenters. The molecule has 0 fully saturated rings. The molecule has 5 heteroatoms. The minimum atomic E-state index is 0.00437. The van der Waals surface area contributed by atoms with Crippen LogP contribution in [0.25, 0.3) is 0 Å². The molecule has 1 heterocycles. The molecule has 0 unspecified atom stereocenters. The number of nitrogens with one attached hydrogen (secondary N) is 1. The maximum absolute atomic E-state index is 12.2. The first-order valence-corrected chi connectivity index (χ1v) is 8.81. The van der Waals surface area contributed by atoms with Gasteiger partial charge in [0.1, 0.15) is 4.88 Å². The van der Waals surface area contributed by atoms with Gasteiger partial charge >= 0.3 is 0 Å². The van der Waals surface area contributed by atoms with Gasteiger partial charge in [0.15, 0.2) is 0 Å². The Hall–Kier alpha value is -1.72. The molecule has 2 aromatic rings. The summed E-state index contributed by atoms with van der Waals surface area (Å²) in [5, 5.41) is 4.02. The lowest BCUT2D eigenvalue weighted by atomic mass is 10.1. The lowest BCUT2D eigenvalue weighted by Crippen LogP contribution is -2.26. The molecule has 1 aromatic carbocycles. The van der Waals surface area contributed by atoms with E-state index in [0.29, 0.717) is 6.54 Å². The second-order valence-electron chi connectivity index (χ2n) is 5.92. The van der Waals surface area contributed by atoms with Crippen LogP contribution in [0.2, 0.25) is 0 Å². The first kappa shape index (κ1) is 17.6. The van der Waals surface area contributed by atoms with Gasteiger partial charge in [0.2, 0.25) is 0 Å². The highest BCUT2D eigenvalue weighted by atomic mass is 32.1. The molecule has 2 rings (SSSR count). The molecule has 0 bridgehead atoms. The first-order valence-electron chi connectivity index (χ1n) is 7.99. The molecule has 0 radical (unpaired) electrons. The van der Waals surface area contributed by atoms with Crippen LogP contribution in [0.15, 0.2) is 30.3 Å². The number of benzene rings is 1. The van der Waals surface area contributed by atoms with Gasteiger partial charge in [-0.15, -0.1) is 11.3 Å². The summed E-state index contributed by atoms with van der Waals surface area (Å²) in [6.07, 6.45) is 2.79. The van der Waals surface area contributed by atoms with Gasteiger partial charge in [-0.05, 0) is 46.0 Å². The average molecular weight is 331 g/mol. The van der Waals surface area contributed by atoms with Crippen molar-refractivity contribution in [1.82, 2.24) is 15.2 Å². The summed E-state index contributed by atoms with van der Waals surface area (Å²) < 4.78 is 0. The number of thiazole rings is 1. The molecule has 124 valence electrons. The summed E-state index contributed by atoms with van der Waals surface area (Å²) >= 11 is 1.52. The first-order chi connectivity index (χ1) is 11.1. The topological polar surface area (TPSA) is 45.2 Å². The molecule has 0 saturated carbocycles. The van der Waals surface area contributed by atoms with E-state index in [2.05, 4.69) is 39.5 Å². The van der Waals surface area contributed by atoms with Gasteiger partial charge in [0, 0.05) is 13.0 Å². The Morgan fingerprint density at radius 1 is 1.22 bits per heavy atom. The molecular formula is C18H25N3OS. The van der Waals surface area contributed by atoms with E-state index < -0.39 is 0 Å². The largest absolute Gasteiger partial charge is 0.351 e. The highest BCUT2D eigenvalue weighted by molar-refractivity contribution is 7.13. The van der Waals surface area contributed by atoms with Gasteiger partial charge in [-0.3, -0.25) is 4.79 Å². The number of carbonyl (C=O) groups is 1. The Kier molecular flexibility index (Phi) is 6.74. The Labute approximate surface area is 142 Å². The summed E-state index contributed by atoms with van der Waals surface area (Å²) in [4.78, 5) is 19.7. The average Bonchev–Trinajstić information content (AvgIpc) is 2.91. The second-order valence-corrected chi connectivity index (χ2v) is 7.00. The van der Waals surface area contributed by atoms with Crippen LogP contribution in [0.1, 0.15) is 32.4 Å². The highest BCUT2D eigenvalue weighted by Gasteiger charge is 2.14. The molecule has 0 aliphatic carbocycles. The van der Waals surface area contributed by atoms with Crippen molar-refractivity contribution in [2.45, 2.75) is 26.2 Å². The van der Waals surface area contributed by atoms with E-state index in [-0.39, 0.29) is 5.91 Å². The fourth-order valence-corrected chi connectivity index (χ4v) is 3.32. The number of amides is 1. The van der Waals surface area contributed by atoms with Crippen molar-refractivity contribution in [2.24, 2.45) is 0 Å². The summed E-state index contributed by atoms with van der Waals surface area (Å²) in [7, 11) is 4.07. The van der Waals surface area contributed by atoms with E-state index in [0.717, 1.165) is 41.4 Å². The monoisotopic (exact) mass is 331 g/mol. The van der Waals surface area contributed by atoms with Crippen molar-refractivity contribution in [3.05, 3.63) is 51.5 Å². The van der Waals surface area contributed by atoms with Gasteiger partial charge in [0.05, 0.1) is 10.7 Å². The zero-order valence-electron chi connectivity index (χ0n) is 14.1. The number of hydrogen-bond donors (Lipinski definition) is 1. The lowest BCUT2D eigenvalue weighted by molar-refractivity contribution is 0.0955. The maximum Gasteiger partial charge on any atom is 0.263 e. The van der Waals surface area contributed by atoms with E-state index >= 15 is 0 Å². The molecule has 23 heavy (non-hydrogen) atoms. The Bertz CT molecular complexity index is 622. The van der Waals surface area contributed by atoms with Gasteiger partial charge in [-0.1, -0.05) is 30.3 Å². The molecule has 0 spiro atoms. The SMILES string of the molecule is Cc1nc(CCc2ccccc2)sc1C(=O)NCCCN(C)C. The van der Waals surface area contributed by atoms with Gasteiger partial charge in [-0.25, -0.2) is 4.98 Å². The molecule has 0 saturated heterocycles. The van der Waals surface area contributed by atoms with Crippen molar-refractivity contribution in [2.75, 3.05) is 27.2 Å². The predicted octanol–water partition coefficient (Wildman–Crippen LogP) is 2.92.